The summed E-state index contributed by atoms with van der Waals surface area (Å²) < 4.78 is 0. The minimum absolute atomic E-state index is 0.132. The highest BCUT2D eigenvalue weighted by Crippen LogP contribution is 2.40. The van der Waals surface area contributed by atoms with Gasteiger partial charge in [-0.3, -0.25) is 14.5 Å². The van der Waals surface area contributed by atoms with Crippen LogP contribution in [0, 0.1) is 17.8 Å². The summed E-state index contributed by atoms with van der Waals surface area (Å²) >= 11 is 0. The Morgan fingerprint density at radius 3 is 2.12 bits per heavy atom. The van der Waals surface area contributed by atoms with Gasteiger partial charge in [0.25, 0.3) is 0 Å². The van der Waals surface area contributed by atoms with Crippen molar-refractivity contribution in [1.29, 1.82) is 0 Å². The number of nitrogens with zero attached hydrogens (tertiary/aromatic N) is 2. The van der Waals surface area contributed by atoms with Gasteiger partial charge in [0.05, 0.1) is 6.04 Å². The second-order valence-electron chi connectivity index (χ2n) is 10.1. The van der Waals surface area contributed by atoms with Gasteiger partial charge in [0.1, 0.15) is 0 Å². The van der Waals surface area contributed by atoms with Gasteiger partial charge in [0, 0.05) is 38.5 Å². The molecule has 2 aromatic carbocycles. The topological polar surface area (TPSA) is 40.6 Å². The minimum Gasteiger partial charge on any atom is -0.332 e. The SMILES string of the molecule is O=C(C1CC2CC(C1)CN(Cc1ccccc1)C2)[C@@H]1CCC(=O)N1CCc1ccccc1. The number of amides is 1. The molecule has 5 rings (SSSR count). The molecule has 3 aliphatic rings. The van der Waals surface area contributed by atoms with Crippen molar-refractivity contribution in [2.24, 2.45) is 17.8 Å². The molecule has 0 aromatic heterocycles. The molecule has 168 valence electrons. The number of Topliss-reactive ketones (excluding diaryl/α,β-unsaturated/α-hetero) is 1. The molecule has 2 bridgehead atoms. The Kier molecular flexibility index (Phi) is 6.40. The summed E-state index contributed by atoms with van der Waals surface area (Å²) in [5.41, 5.74) is 2.60. The Hall–Kier alpha value is -2.46. The molecule has 2 heterocycles. The monoisotopic (exact) mass is 430 g/mol. The van der Waals surface area contributed by atoms with E-state index in [1.165, 1.54) is 17.5 Å². The van der Waals surface area contributed by atoms with Crippen LogP contribution < -0.4 is 0 Å². The summed E-state index contributed by atoms with van der Waals surface area (Å²) in [5.74, 6) is 1.84. The van der Waals surface area contributed by atoms with Gasteiger partial charge in [0.15, 0.2) is 5.78 Å². The molecule has 1 saturated carbocycles. The van der Waals surface area contributed by atoms with E-state index in [0.29, 0.717) is 37.0 Å². The first-order chi connectivity index (χ1) is 15.7. The Labute approximate surface area is 191 Å². The number of carbonyl (C=O) groups excluding carboxylic acids is 2. The van der Waals surface area contributed by atoms with Gasteiger partial charge >= 0.3 is 0 Å². The number of piperidine rings is 1. The van der Waals surface area contributed by atoms with Crippen molar-refractivity contribution in [2.75, 3.05) is 19.6 Å². The van der Waals surface area contributed by atoms with E-state index in [0.717, 1.165) is 38.9 Å². The molecule has 2 saturated heterocycles. The first-order valence-corrected chi connectivity index (χ1v) is 12.3. The third kappa shape index (κ3) is 4.80. The van der Waals surface area contributed by atoms with Crippen LogP contribution >= 0.6 is 0 Å². The zero-order chi connectivity index (χ0) is 21.9. The maximum atomic E-state index is 13.6. The third-order valence-electron chi connectivity index (χ3n) is 7.73. The quantitative estimate of drug-likeness (QED) is 0.656. The molecule has 0 spiro atoms. The number of hydrogen-bond acceptors (Lipinski definition) is 3. The van der Waals surface area contributed by atoms with Crippen molar-refractivity contribution in [3.05, 3.63) is 71.8 Å². The predicted molar refractivity (Wildman–Crippen MR) is 126 cm³/mol. The van der Waals surface area contributed by atoms with Crippen LogP contribution in [0.25, 0.3) is 0 Å². The Bertz CT molecular complexity index is 915. The smallest absolute Gasteiger partial charge is 0.223 e. The van der Waals surface area contributed by atoms with Crippen LogP contribution in [0.15, 0.2) is 60.7 Å². The molecule has 4 heteroatoms. The second kappa shape index (κ2) is 9.58. The fourth-order valence-corrected chi connectivity index (χ4v) is 6.35. The number of rotatable bonds is 7. The van der Waals surface area contributed by atoms with Gasteiger partial charge in [-0.2, -0.15) is 0 Å². The summed E-state index contributed by atoms with van der Waals surface area (Å²) in [7, 11) is 0. The van der Waals surface area contributed by atoms with E-state index in [1.54, 1.807) is 0 Å². The first-order valence-electron chi connectivity index (χ1n) is 12.3. The molecule has 2 unspecified atom stereocenters. The highest BCUT2D eigenvalue weighted by molar-refractivity contribution is 5.93. The lowest BCUT2D eigenvalue weighted by Crippen LogP contribution is -2.48. The predicted octanol–water partition coefficient (Wildman–Crippen LogP) is 4.34. The maximum absolute atomic E-state index is 13.6. The molecule has 4 nitrogen and oxygen atoms in total. The fourth-order valence-electron chi connectivity index (χ4n) is 6.35. The molecule has 3 fully saturated rings. The van der Waals surface area contributed by atoms with E-state index >= 15 is 0 Å². The van der Waals surface area contributed by atoms with E-state index in [1.807, 2.05) is 23.1 Å². The highest BCUT2D eigenvalue weighted by Gasteiger charge is 2.43. The molecule has 0 N–H and O–H groups in total. The van der Waals surface area contributed by atoms with E-state index < -0.39 is 0 Å². The lowest BCUT2D eigenvalue weighted by molar-refractivity contribution is -0.137. The third-order valence-corrected chi connectivity index (χ3v) is 7.73. The van der Waals surface area contributed by atoms with Crippen LogP contribution in [0.2, 0.25) is 0 Å². The van der Waals surface area contributed by atoms with Gasteiger partial charge < -0.3 is 4.90 Å². The summed E-state index contributed by atoms with van der Waals surface area (Å²) in [6, 6.07) is 20.8. The fraction of sp³-hybridized carbons (Fsp3) is 0.500. The normalized spacial score (nSPS) is 28.1. The molecule has 0 radical (unpaired) electrons. The molecule has 1 aliphatic carbocycles. The van der Waals surface area contributed by atoms with Crippen LogP contribution in [0.5, 0.6) is 0 Å². The first kappa shape index (κ1) is 21.4. The van der Waals surface area contributed by atoms with Gasteiger partial charge in [-0.05, 0) is 55.1 Å². The Balaban J connectivity index is 1.19. The minimum atomic E-state index is -0.199. The van der Waals surface area contributed by atoms with E-state index in [2.05, 4.69) is 47.4 Å². The van der Waals surface area contributed by atoms with Crippen LogP contribution in [0.4, 0.5) is 0 Å². The van der Waals surface area contributed by atoms with Crippen LogP contribution in [0.3, 0.4) is 0 Å². The van der Waals surface area contributed by atoms with Crippen molar-refractivity contribution in [2.45, 2.75) is 51.1 Å². The van der Waals surface area contributed by atoms with E-state index in [-0.39, 0.29) is 17.9 Å². The van der Waals surface area contributed by atoms with Gasteiger partial charge in [-0.25, -0.2) is 0 Å². The zero-order valence-corrected chi connectivity index (χ0v) is 18.9. The van der Waals surface area contributed by atoms with Crippen LogP contribution in [0.1, 0.15) is 43.2 Å². The van der Waals surface area contributed by atoms with Crippen LogP contribution in [-0.2, 0) is 22.6 Å². The van der Waals surface area contributed by atoms with Crippen molar-refractivity contribution in [3.8, 4) is 0 Å². The van der Waals surface area contributed by atoms with Crippen LogP contribution in [-0.4, -0.2) is 47.2 Å². The Morgan fingerprint density at radius 1 is 0.844 bits per heavy atom. The number of fused-ring (bicyclic) bond motifs is 2. The van der Waals surface area contributed by atoms with Crippen molar-refractivity contribution in [1.82, 2.24) is 9.80 Å². The summed E-state index contributed by atoms with van der Waals surface area (Å²) in [6.07, 6.45) is 5.31. The largest absolute Gasteiger partial charge is 0.332 e. The lowest BCUT2D eigenvalue weighted by Gasteiger charge is -2.44. The van der Waals surface area contributed by atoms with Gasteiger partial charge in [-0.15, -0.1) is 0 Å². The molecule has 32 heavy (non-hydrogen) atoms. The molecular formula is C28H34N2O2. The van der Waals surface area contributed by atoms with E-state index in [9.17, 15) is 9.59 Å². The number of benzene rings is 2. The van der Waals surface area contributed by atoms with Gasteiger partial charge in [0.2, 0.25) is 5.91 Å². The van der Waals surface area contributed by atoms with Crippen molar-refractivity contribution < 1.29 is 9.59 Å². The Morgan fingerprint density at radius 2 is 1.47 bits per heavy atom. The second-order valence-corrected chi connectivity index (χ2v) is 10.1. The average molecular weight is 431 g/mol. The number of carbonyl (C=O) groups is 2. The van der Waals surface area contributed by atoms with Crippen molar-refractivity contribution >= 4 is 11.7 Å². The molecule has 2 aromatic rings. The summed E-state index contributed by atoms with van der Waals surface area (Å²) in [5, 5.41) is 0. The summed E-state index contributed by atoms with van der Waals surface area (Å²) in [6.45, 7) is 3.85. The molecule has 3 atom stereocenters. The molecule has 1 amide bonds. The number of likely N-dealkylation sites (tertiary alicyclic amines) is 2. The lowest BCUT2D eigenvalue weighted by atomic mass is 9.70. The number of hydrogen-bond donors (Lipinski definition) is 0. The maximum Gasteiger partial charge on any atom is 0.223 e. The summed E-state index contributed by atoms with van der Waals surface area (Å²) in [4.78, 5) is 30.6. The number of ketones is 1. The van der Waals surface area contributed by atoms with Gasteiger partial charge in [-0.1, -0.05) is 60.7 Å². The van der Waals surface area contributed by atoms with Crippen molar-refractivity contribution in [3.63, 3.8) is 0 Å². The zero-order valence-electron chi connectivity index (χ0n) is 18.9. The highest BCUT2D eigenvalue weighted by atomic mass is 16.2. The standard InChI is InChI=1S/C28H34N2O2/c31-27-12-11-26(30(27)14-13-21-7-3-1-4-8-21)28(32)25-16-23-15-24(17-25)20-29(19-23)18-22-9-5-2-6-10-22/h1-10,23-26H,11-20H2/t23?,24?,25?,26-/m0/s1. The van der Waals surface area contributed by atoms with E-state index in [4.69, 9.17) is 0 Å². The molecular weight excluding hydrogens is 396 g/mol. The average Bonchev–Trinajstić information content (AvgIpc) is 3.18. The molecule has 2 aliphatic heterocycles.